The second kappa shape index (κ2) is 10.4. The van der Waals surface area contributed by atoms with Crippen LogP contribution in [0.4, 0.5) is 9.18 Å². The van der Waals surface area contributed by atoms with Gasteiger partial charge in [0, 0.05) is 23.7 Å². The van der Waals surface area contributed by atoms with E-state index in [1.165, 1.54) is 12.1 Å². The van der Waals surface area contributed by atoms with E-state index >= 15 is 0 Å². The van der Waals surface area contributed by atoms with Crippen molar-refractivity contribution in [3.63, 3.8) is 0 Å². The summed E-state index contributed by atoms with van der Waals surface area (Å²) in [5, 5.41) is 3.00. The van der Waals surface area contributed by atoms with E-state index in [1.807, 2.05) is 31.2 Å². The number of rotatable bonds is 5. The summed E-state index contributed by atoms with van der Waals surface area (Å²) in [6, 6.07) is 10.4. The van der Waals surface area contributed by atoms with Crippen molar-refractivity contribution in [3.05, 3.63) is 60.2 Å². The summed E-state index contributed by atoms with van der Waals surface area (Å²) >= 11 is 0. The van der Waals surface area contributed by atoms with Crippen LogP contribution in [-0.4, -0.2) is 35.8 Å². The van der Waals surface area contributed by atoms with Gasteiger partial charge in [-0.05, 0) is 87.1 Å². The molecule has 3 aliphatic rings. The summed E-state index contributed by atoms with van der Waals surface area (Å²) in [7, 11) is 0. The normalized spacial score (nSPS) is 31.4. The van der Waals surface area contributed by atoms with E-state index in [9.17, 15) is 14.0 Å². The van der Waals surface area contributed by atoms with Crippen LogP contribution in [0.25, 0.3) is 17.2 Å². The third-order valence-electron chi connectivity index (χ3n) is 8.18. The predicted molar refractivity (Wildman–Crippen MR) is 134 cm³/mol. The lowest BCUT2D eigenvalue weighted by molar-refractivity contribution is -0.144. The van der Waals surface area contributed by atoms with Gasteiger partial charge in [-0.15, -0.1) is 0 Å². The quantitative estimate of drug-likeness (QED) is 0.548. The molecule has 3 fully saturated rings. The molecule has 2 saturated carbocycles. The number of fused-ring (bicyclic) bond motifs is 2. The zero-order valence-corrected chi connectivity index (χ0v) is 20.7. The minimum atomic E-state index is -0.368. The Morgan fingerprint density at radius 1 is 1.22 bits per heavy atom. The third-order valence-corrected chi connectivity index (χ3v) is 8.18. The van der Waals surface area contributed by atoms with Gasteiger partial charge in [-0.25, -0.2) is 9.18 Å². The standard InChI is InChI=1S/C29H33FN2O4/c1-3-35-29(34)32-23-10-11-24-20(14-23)15-26-27(17(2)36-28(26)33)25(24)12-9-22-8-7-19(16-31-22)18-5-4-6-21(30)13-18/h4-9,12-13,16-17,20,23-27H,3,10-11,14-15H2,1-2H3,(H,32,34)/t17-,20+,23+,24+,25+,26-,27+/m0/s1. The van der Waals surface area contributed by atoms with Crippen LogP contribution in [0, 0.1) is 35.4 Å². The zero-order chi connectivity index (χ0) is 25.2. The number of halogens is 1. The van der Waals surface area contributed by atoms with E-state index in [2.05, 4.69) is 16.4 Å². The van der Waals surface area contributed by atoms with Crippen LogP contribution in [0.15, 0.2) is 48.7 Å². The molecule has 2 aromatic rings. The molecule has 2 aliphatic carbocycles. The SMILES string of the molecule is CCOC(=O)N[C@@H]1CC[C@@H]2[C@H](C1)C[C@@H]1C(=O)O[C@@H](C)[C@@H]1[C@@H]2C=Cc1ccc(-c2cccc(F)c2)cn1. The molecule has 7 heteroatoms. The average Bonchev–Trinajstić information content (AvgIpc) is 3.15. The summed E-state index contributed by atoms with van der Waals surface area (Å²) in [4.78, 5) is 29.2. The number of allylic oxidation sites excluding steroid dienone is 1. The van der Waals surface area contributed by atoms with Crippen LogP contribution in [-0.2, 0) is 14.3 Å². The molecule has 0 bridgehead atoms. The average molecular weight is 493 g/mol. The summed E-state index contributed by atoms with van der Waals surface area (Å²) in [5.41, 5.74) is 2.48. The monoisotopic (exact) mass is 492 g/mol. The fourth-order valence-corrected chi connectivity index (χ4v) is 6.64. The van der Waals surface area contributed by atoms with Crippen molar-refractivity contribution in [3.8, 4) is 11.1 Å². The number of ether oxygens (including phenoxy) is 2. The molecule has 0 spiro atoms. The number of hydrogen-bond acceptors (Lipinski definition) is 5. The lowest BCUT2D eigenvalue weighted by Crippen LogP contribution is -2.48. The zero-order valence-electron chi connectivity index (χ0n) is 20.7. The second-order valence-electron chi connectivity index (χ2n) is 10.3. The smallest absolute Gasteiger partial charge is 0.407 e. The van der Waals surface area contributed by atoms with Crippen LogP contribution in [0.3, 0.4) is 0 Å². The number of cyclic esters (lactones) is 1. The van der Waals surface area contributed by atoms with Crippen molar-refractivity contribution in [2.45, 2.75) is 51.7 Å². The maximum atomic E-state index is 13.6. The third kappa shape index (κ3) is 5.01. The molecule has 1 saturated heterocycles. The number of nitrogens with one attached hydrogen (secondary N) is 1. The van der Waals surface area contributed by atoms with Gasteiger partial charge in [0.25, 0.3) is 0 Å². The Labute approximate surface area is 211 Å². The first-order chi connectivity index (χ1) is 17.4. The molecule has 6 nitrogen and oxygen atoms in total. The number of carbonyl (C=O) groups is 2. The number of hydrogen-bond donors (Lipinski definition) is 1. The van der Waals surface area contributed by atoms with E-state index in [4.69, 9.17) is 9.47 Å². The molecular formula is C29H33FN2O4. The highest BCUT2D eigenvalue weighted by Crippen LogP contribution is 2.53. The predicted octanol–water partition coefficient (Wildman–Crippen LogP) is 5.63. The van der Waals surface area contributed by atoms with Gasteiger partial charge in [0.05, 0.1) is 18.2 Å². The molecule has 5 rings (SSSR count). The fourth-order valence-electron chi connectivity index (χ4n) is 6.64. The summed E-state index contributed by atoms with van der Waals surface area (Å²) < 4.78 is 24.3. The largest absolute Gasteiger partial charge is 0.462 e. The topological polar surface area (TPSA) is 77.5 Å². The maximum Gasteiger partial charge on any atom is 0.407 e. The van der Waals surface area contributed by atoms with Gasteiger partial charge in [-0.1, -0.05) is 24.3 Å². The highest BCUT2D eigenvalue weighted by molar-refractivity contribution is 5.75. The van der Waals surface area contributed by atoms with Crippen molar-refractivity contribution >= 4 is 18.1 Å². The van der Waals surface area contributed by atoms with Crippen LogP contribution in [0.1, 0.15) is 45.2 Å². The molecule has 1 aromatic carbocycles. The van der Waals surface area contributed by atoms with Crippen molar-refractivity contribution in [1.82, 2.24) is 10.3 Å². The Morgan fingerprint density at radius 3 is 2.83 bits per heavy atom. The first-order valence-corrected chi connectivity index (χ1v) is 13.0. The minimum Gasteiger partial charge on any atom is -0.462 e. The van der Waals surface area contributed by atoms with E-state index in [-0.39, 0.29) is 47.8 Å². The number of alkyl carbamates (subject to hydrolysis) is 1. The molecule has 36 heavy (non-hydrogen) atoms. The number of benzene rings is 1. The lowest BCUT2D eigenvalue weighted by Gasteiger charge is -2.47. The first kappa shape index (κ1) is 24.5. The Balaban J connectivity index is 1.34. The molecule has 0 radical (unpaired) electrons. The first-order valence-electron chi connectivity index (χ1n) is 13.0. The molecule has 7 atom stereocenters. The molecule has 1 aromatic heterocycles. The number of esters is 1. The number of pyridine rings is 1. The van der Waals surface area contributed by atoms with Gasteiger partial charge >= 0.3 is 12.1 Å². The summed E-state index contributed by atoms with van der Waals surface area (Å²) in [5.74, 6) is 0.629. The van der Waals surface area contributed by atoms with E-state index < -0.39 is 0 Å². The van der Waals surface area contributed by atoms with Crippen LogP contribution in [0.5, 0.6) is 0 Å². The maximum absolute atomic E-state index is 13.6. The number of nitrogens with zero attached hydrogens (tertiary/aromatic N) is 1. The lowest BCUT2D eigenvalue weighted by atomic mass is 9.57. The summed E-state index contributed by atoms with van der Waals surface area (Å²) in [6.07, 6.45) is 9.07. The molecular weight excluding hydrogens is 459 g/mol. The van der Waals surface area contributed by atoms with Crippen molar-refractivity contribution in [1.29, 1.82) is 0 Å². The van der Waals surface area contributed by atoms with E-state index in [1.54, 1.807) is 19.2 Å². The van der Waals surface area contributed by atoms with Gasteiger partial charge < -0.3 is 14.8 Å². The van der Waals surface area contributed by atoms with Crippen LogP contribution in [0.2, 0.25) is 0 Å². The van der Waals surface area contributed by atoms with Gasteiger partial charge in [0.15, 0.2) is 0 Å². The Morgan fingerprint density at radius 2 is 2.08 bits per heavy atom. The van der Waals surface area contributed by atoms with E-state index in [0.29, 0.717) is 18.4 Å². The van der Waals surface area contributed by atoms with Gasteiger partial charge in [-0.2, -0.15) is 0 Å². The second-order valence-corrected chi connectivity index (χ2v) is 10.3. The molecule has 1 aliphatic heterocycles. The van der Waals surface area contributed by atoms with Crippen LogP contribution >= 0.6 is 0 Å². The highest BCUT2D eigenvalue weighted by Gasteiger charge is 2.54. The molecule has 1 N–H and O–H groups in total. The Hall–Kier alpha value is -3.22. The molecule has 1 amide bonds. The van der Waals surface area contributed by atoms with Gasteiger partial charge in [-0.3, -0.25) is 9.78 Å². The van der Waals surface area contributed by atoms with E-state index in [0.717, 1.165) is 42.5 Å². The molecule has 190 valence electrons. The molecule has 2 heterocycles. The molecule has 0 unspecified atom stereocenters. The minimum absolute atomic E-state index is 0.0679. The number of carbonyl (C=O) groups excluding carboxylic acids is 2. The van der Waals surface area contributed by atoms with Gasteiger partial charge in [0.1, 0.15) is 11.9 Å². The Bertz CT molecular complexity index is 1130. The number of amides is 1. The summed E-state index contributed by atoms with van der Waals surface area (Å²) in [6.45, 7) is 4.15. The highest BCUT2D eigenvalue weighted by atomic mass is 19.1. The Kier molecular flexibility index (Phi) is 7.08. The van der Waals surface area contributed by atoms with Crippen molar-refractivity contribution < 1.29 is 23.5 Å². The fraction of sp³-hybridized carbons (Fsp3) is 0.483. The van der Waals surface area contributed by atoms with Gasteiger partial charge in [0.2, 0.25) is 0 Å². The van der Waals surface area contributed by atoms with Crippen molar-refractivity contribution in [2.24, 2.45) is 29.6 Å². The number of aromatic nitrogens is 1. The van der Waals surface area contributed by atoms with Crippen LogP contribution < -0.4 is 5.32 Å². The van der Waals surface area contributed by atoms with Crippen molar-refractivity contribution in [2.75, 3.05) is 6.61 Å².